The summed E-state index contributed by atoms with van der Waals surface area (Å²) in [5, 5.41) is 19.5. The summed E-state index contributed by atoms with van der Waals surface area (Å²) >= 11 is 0. The highest BCUT2D eigenvalue weighted by Gasteiger charge is 2.08. The van der Waals surface area contributed by atoms with E-state index in [-0.39, 0.29) is 17.9 Å². The molecule has 0 bridgehead atoms. The van der Waals surface area contributed by atoms with Gasteiger partial charge in [-0.2, -0.15) is 0 Å². The van der Waals surface area contributed by atoms with Crippen molar-refractivity contribution in [2.24, 2.45) is 0 Å². The minimum absolute atomic E-state index is 0.0431. The highest BCUT2D eigenvalue weighted by atomic mass is 16.3. The Morgan fingerprint density at radius 2 is 1.21 bits per heavy atom. The minimum atomic E-state index is 0.0431. The molecule has 0 spiro atoms. The highest BCUT2D eigenvalue weighted by Crippen LogP contribution is 2.26. The molecule has 0 saturated carbocycles. The van der Waals surface area contributed by atoms with E-state index in [1.807, 2.05) is 0 Å². The standard InChI is InChI=1S/C15H12O4/c16-8-10-1-3-14(18)12(5-10)7-13-6-11(9-17)2-4-15(13)19/h1-6,8-9,18-19H,7H2. The molecule has 96 valence electrons. The summed E-state index contributed by atoms with van der Waals surface area (Å²) in [5.41, 5.74) is 1.92. The number of carbonyl (C=O) groups excluding carboxylic acids is 2. The Morgan fingerprint density at radius 1 is 0.789 bits per heavy atom. The van der Waals surface area contributed by atoms with Crippen LogP contribution in [0.2, 0.25) is 0 Å². The number of aldehydes is 2. The Bertz CT molecular complexity index is 577. The maximum atomic E-state index is 10.7. The lowest BCUT2D eigenvalue weighted by Gasteiger charge is -2.08. The summed E-state index contributed by atoms with van der Waals surface area (Å²) in [5.74, 6) is 0.0861. The molecule has 4 heteroatoms. The van der Waals surface area contributed by atoms with Crippen LogP contribution in [0.15, 0.2) is 36.4 Å². The highest BCUT2D eigenvalue weighted by molar-refractivity contribution is 5.76. The van der Waals surface area contributed by atoms with Gasteiger partial charge in [-0.15, -0.1) is 0 Å². The predicted octanol–water partition coefficient (Wildman–Crippen LogP) is 2.31. The van der Waals surface area contributed by atoms with Crippen molar-refractivity contribution in [2.75, 3.05) is 0 Å². The molecule has 0 saturated heterocycles. The van der Waals surface area contributed by atoms with E-state index in [4.69, 9.17) is 0 Å². The first-order valence-electron chi connectivity index (χ1n) is 5.68. The molecule has 0 unspecified atom stereocenters. The molecule has 19 heavy (non-hydrogen) atoms. The van der Waals surface area contributed by atoms with Crippen molar-refractivity contribution in [3.05, 3.63) is 58.7 Å². The van der Waals surface area contributed by atoms with E-state index in [9.17, 15) is 19.8 Å². The van der Waals surface area contributed by atoms with E-state index >= 15 is 0 Å². The van der Waals surface area contributed by atoms with Crippen LogP contribution in [0.4, 0.5) is 0 Å². The summed E-state index contributed by atoms with van der Waals surface area (Å²) in [6, 6.07) is 8.98. The maximum Gasteiger partial charge on any atom is 0.150 e. The third kappa shape index (κ3) is 2.80. The smallest absolute Gasteiger partial charge is 0.150 e. The number of benzene rings is 2. The molecule has 0 radical (unpaired) electrons. The zero-order chi connectivity index (χ0) is 13.8. The van der Waals surface area contributed by atoms with Gasteiger partial charge in [0.05, 0.1) is 0 Å². The van der Waals surface area contributed by atoms with Gasteiger partial charge in [-0.25, -0.2) is 0 Å². The summed E-state index contributed by atoms with van der Waals surface area (Å²) in [7, 11) is 0. The third-order valence-corrected chi connectivity index (χ3v) is 2.86. The molecule has 2 aromatic carbocycles. The Morgan fingerprint density at radius 3 is 1.58 bits per heavy atom. The number of phenolic OH excluding ortho intramolecular Hbond substituents is 2. The second-order valence-corrected chi connectivity index (χ2v) is 4.19. The van der Waals surface area contributed by atoms with Crippen LogP contribution in [0.1, 0.15) is 31.8 Å². The molecule has 4 nitrogen and oxygen atoms in total. The zero-order valence-corrected chi connectivity index (χ0v) is 10.0. The second-order valence-electron chi connectivity index (χ2n) is 4.19. The second kappa shape index (κ2) is 5.35. The van der Waals surface area contributed by atoms with Crippen molar-refractivity contribution in [3.8, 4) is 11.5 Å². The normalized spacial score (nSPS) is 10.1. The molecule has 0 aromatic heterocycles. The van der Waals surface area contributed by atoms with Crippen LogP contribution in [0.3, 0.4) is 0 Å². The van der Waals surface area contributed by atoms with E-state index < -0.39 is 0 Å². The quantitative estimate of drug-likeness (QED) is 0.823. The first-order valence-corrected chi connectivity index (χ1v) is 5.68. The van der Waals surface area contributed by atoms with Gasteiger partial charge in [-0.1, -0.05) is 0 Å². The lowest BCUT2D eigenvalue weighted by Crippen LogP contribution is -1.93. The molecule has 0 aliphatic heterocycles. The summed E-state index contributed by atoms with van der Waals surface area (Å²) < 4.78 is 0. The lowest BCUT2D eigenvalue weighted by molar-refractivity contribution is 0.111. The van der Waals surface area contributed by atoms with Crippen LogP contribution in [-0.2, 0) is 6.42 Å². The maximum absolute atomic E-state index is 10.7. The van der Waals surface area contributed by atoms with Gasteiger partial charge >= 0.3 is 0 Å². The monoisotopic (exact) mass is 256 g/mol. The number of carbonyl (C=O) groups is 2. The Kier molecular flexibility index (Phi) is 3.61. The molecule has 0 heterocycles. The molecule has 2 N–H and O–H groups in total. The van der Waals surface area contributed by atoms with Crippen molar-refractivity contribution in [2.45, 2.75) is 6.42 Å². The molecular formula is C15H12O4. The van der Waals surface area contributed by atoms with Gasteiger partial charge in [0.25, 0.3) is 0 Å². The first kappa shape index (κ1) is 12.8. The van der Waals surface area contributed by atoms with E-state index in [0.717, 1.165) is 0 Å². The fourth-order valence-electron chi connectivity index (χ4n) is 1.85. The fraction of sp³-hybridized carbons (Fsp3) is 0.0667. The average molecular weight is 256 g/mol. The van der Waals surface area contributed by atoms with Crippen LogP contribution in [-0.4, -0.2) is 22.8 Å². The molecule has 0 fully saturated rings. The van der Waals surface area contributed by atoms with Crippen LogP contribution >= 0.6 is 0 Å². The van der Waals surface area contributed by atoms with Crippen LogP contribution in [0.5, 0.6) is 11.5 Å². The van der Waals surface area contributed by atoms with Gasteiger partial charge in [-0.05, 0) is 47.5 Å². The van der Waals surface area contributed by atoms with E-state index in [0.29, 0.717) is 34.8 Å². The van der Waals surface area contributed by atoms with Crippen LogP contribution in [0.25, 0.3) is 0 Å². The Hall–Kier alpha value is -2.62. The number of rotatable bonds is 4. The summed E-state index contributed by atoms with van der Waals surface area (Å²) in [6.07, 6.45) is 1.61. The molecule has 0 aliphatic carbocycles. The minimum Gasteiger partial charge on any atom is -0.508 e. The largest absolute Gasteiger partial charge is 0.508 e. The molecule has 0 aliphatic rings. The van der Waals surface area contributed by atoms with Crippen molar-refractivity contribution in [3.63, 3.8) is 0 Å². The van der Waals surface area contributed by atoms with Gasteiger partial charge in [-0.3, -0.25) is 9.59 Å². The van der Waals surface area contributed by atoms with Crippen molar-refractivity contribution >= 4 is 12.6 Å². The molecule has 2 rings (SSSR count). The fourth-order valence-corrected chi connectivity index (χ4v) is 1.85. The third-order valence-electron chi connectivity index (χ3n) is 2.86. The van der Waals surface area contributed by atoms with Gasteiger partial charge in [0.2, 0.25) is 0 Å². The Balaban J connectivity index is 2.40. The first-order chi connectivity index (χ1) is 9.13. The number of aromatic hydroxyl groups is 2. The molecule has 0 amide bonds. The SMILES string of the molecule is O=Cc1ccc(O)c(Cc2cc(C=O)ccc2O)c1. The predicted molar refractivity (Wildman–Crippen MR) is 69.8 cm³/mol. The zero-order valence-electron chi connectivity index (χ0n) is 10.0. The van der Waals surface area contributed by atoms with Crippen molar-refractivity contribution in [1.82, 2.24) is 0 Å². The van der Waals surface area contributed by atoms with Crippen LogP contribution in [0, 0.1) is 0 Å². The lowest BCUT2D eigenvalue weighted by atomic mass is 10.00. The molecule has 2 aromatic rings. The Labute approximate surface area is 109 Å². The van der Waals surface area contributed by atoms with Gasteiger partial charge in [0, 0.05) is 17.5 Å². The molecular weight excluding hydrogens is 244 g/mol. The number of hydrogen-bond acceptors (Lipinski definition) is 4. The number of hydrogen-bond donors (Lipinski definition) is 2. The van der Waals surface area contributed by atoms with E-state index in [1.54, 1.807) is 12.1 Å². The molecule has 0 atom stereocenters. The van der Waals surface area contributed by atoms with Crippen molar-refractivity contribution < 1.29 is 19.8 Å². The van der Waals surface area contributed by atoms with Crippen molar-refractivity contribution in [1.29, 1.82) is 0 Å². The van der Waals surface area contributed by atoms with Gasteiger partial charge in [0.15, 0.2) is 0 Å². The topological polar surface area (TPSA) is 74.6 Å². The van der Waals surface area contributed by atoms with E-state index in [2.05, 4.69) is 0 Å². The summed E-state index contributed by atoms with van der Waals surface area (Å²) in [6.45, 7) is 0. The van der Waals surface area contributed by atoms with E-state index in [1.165, 1.54) is 24.3 Å². The summed E-state index contributed by atoms with van der Waals surface area (Å²) in [4.78, 5) is 21.4. The van der Waals surface area contributed by atoms with Gasteiger partial charge in [0.1, 0.15) is 24.1 Å². The van der Waals surface area contributed by atoms with Gasteiger partial charge < -0.3 is 10.2 Å². The average Bonchev–Trinajstić information content (AvgIpc) is 2.43. The number of phenols is 2. The van der Waals surface area contributed by atoms with Crippen LogP contribution < -0.4 is 0 Å².